The van der Waals surface area contributed by atoms with Crippen molar-refractivity contribution in [3.63, 3.8) is 0 Å². The number of carbonyl (C=O) groups is 9. The summed E-state index contributed by atoms with van der Waals surface area (Å²) < 4.78 is 37.2. The third-order valence-corrected chi connectivity index (χ3v) is 20.1. The number of aliphatic hydroxyl groups is 2. The molecule has 20 heteroatoms. The molecular weight excluding hydrogens is 1230 g/mol. The zero-order valence-corrected chi connectivity index (χ0v) is 56.3. The maximum absolute atomic E-state index is 15.9. The van der Waals surface area contributed by atoms with Gasteiger partial charge in [-0.25, -0.2) is 9.59 Å². The third-order valence-electron chi connectivity index (χ3n) is 20.1. The number of ketones is 1. The molecule has 0 unspecified atom stereocenters. The van der Waals surface area contributed by atoms with Crippen molar-refractivity contribution < 1.29 is 86.9 Å². The fraction of sp³-hybridized carbons (Fsp3) is 0.539. The number of amides is 2. The van der Waals surface area contributed by atoms with Gasteiger partial charge in [0.15, 0.2) is 17.5 Å². The number of carboxylic acids is 1. The summed E-state index contributed by atoms with van der Waals surface area (Å²) in [7, 11) is 0. The van der Waals surface area contributed by atoms with E-state index in [9.17, 15) is 43.8 Å². The van der Waals surface area contributed by atoms with Gasteiger partial charge >= 0.3 is 35.8 Å². The van der Waals surface area contributed by atoms with E-state index in [0.29, 0.717) is 11.3 Å². The highest BCUT2D eigenvalue weighted by Gasteiger charge is 2.78. The molecule has 3 aliphatic carbocycles. The number of nitrogens with one attached hydrogen (secondary N) is 2. The van der Waals surface area contributed by atoms with E-state index in [1.165, 1.54) is 96.6 Å². The lowest BCUT2D eigenvalue weighted by atomic mass is 9.44. The smallest absolute Gasteiger partial charge is 0.350 e. The lowest BCUT2D eigenvalue weighted by Gasteiger charge is -2.67. The minimum atomic E-state index is -2.51. The Labute approximate surface area is 562 Å². The van der Waals surface area contributed by atoms with Crippen LogP contribution in [0, 0.1) is 16.7 Å². The molecule has 4 aromatic rings. The Kier molecular flexibility index (Phi) is 25.9. The molecule has 518 valence electrons. The number of ether oxygens (including phenoxy) is 6. The largest absolute Gasteiger partial charge is 0.481 e. The molecule has 11 atom stereocenters. The Hall–Kier alpha value is -8.07. The normalized spacial score (nSPS) is 24.6. The zero-order chi connectivity index (χ0) is 69.2. The van der Waals surface area contributed by atoms with E-state index in [4.69, 9.17) is 33.5 Å². The van der Waals surface area contributed by atoms with Crippen LogP contribution in [0.4, 0.5) is 5.69 Å². The summed E-state index contributed by atoms with van der Waals surface area (Å²) in [6.07, 6.45) is 7.83. The van der Waals surface area contributed by atoms with E-state index in [2.05, 4.69) is 10.6 Å². The van der Waals surface area contributed by atoms with Crippen LogP contribution >= 0.6 is 0 Å². The van der Waals surface area contributed by atoms with E-state index >= 15 is 9.59 Å². The minimum absolute atomic E-state index is 0.0296. The molecule has 0 aromatic heterocycles. The maximum atomic E-state index is 15.9. The quantitative estimate of drug-likeness (QED) is 0.0126. The van der Waals surface area contributed by atoms with E-state index < -0.39 is 137 Å². The second-order valence-corrected chi connectivity index (χ2v) is 27.1. The molecule has 96 heavy (non-hydrogen) atoms. The molecule has 2 bridgehead atoms. The number of carboxylic acid groups (broad SMARTS) is 1. The number of unbranched alkanes of at least 4 members (excludes halogenated alkanes) is 15. The number of hydrogen-bond acceptors (Lipinski definition) is 17. The molecule has 5 N–H and O–H groups in total. The summed E-state index contributed by atoms with van der Waals surface area (Å²) in [6, 6.07) is 30.1. The average Bonchev–Trinajstić information content (AvgIpc) is 0.670. The summed E-state index contributed by atoms with van der Waals surface area (Å²) >= 11 is 0. The van der Waals surface area contributed by atoms with Crippen molar-refractivity contribution in [2.24, 2.45) is 16.7 Å². The highest BCUT2D eigenvalue weighted by molar-refractivity contribution is 5.97. The van der Waals surface area contributed by atoms with Gasteiger partial charge in [-0.05, 0) is 91.8 Å². The Balaban J connectivity index is 0.985. The van der Waals surface area contributed by atoms with Gasteiger partial charge in [-0.3, -0.25) is 33.6 Å². The molecule has 1 aliphatic heterocycles. The van der Waals surface area contributed by atoms with E-state index in [1.807, 2.05) is 12.1 Å². The molecule has 4 aliphatic rings. The SMILES string of the molecule is CC(=O)O[C@H]1C(=O)[C@@]2(C)[C@H]([C@H](OC(=O)c3ccccc3)[C@]3(O)C[C@H](OC(=O)[C@H](OC(=O)CCC(=O)Nc4ccc(CCCCCCCCCCCCCCCCCCC(=O)O)cc4)[C@@H](NC(=O)c4ccccc4)c4ccccc4)C(C)=C1C3(C)C)[C@]1(OC(C)=O)CO[C@@H]1C[C@@H]2O. The summed E-state index contributed by atoms with van der Waals surface area (Å²) in [4.78, 5) is 126. The van der Waals surface area contributed by atoms with Crippen molar-refractivity contribution in [2.75, 3.05) is 11.9 Å². The number of esters is 5. The Bertz CT molecular complexity index is 3370. The van der Waals surface area contributed by atoms with Gasteiger partial charge in [0.25, 0.3) is 5.91 Å². The first-order chi connectivity index (χ1) is 45.9. The Morgan fingerprint density at radius 3 is 1.72 bits per heavy atom. The molecule has 4 aromatic carbocycles. The average molecular weight is 1330 g/mol. The molecule has 3 fully saturated rings. The third kappa shape index (κ3) is 17.7. The molecule has 2 amide bonds. The number of fused-ring (bicyclic) bond motifs is 5. The second kappa shape index (κ2) is 33.7. The highest BCUT2D eigenvalue weighted by Crippen LogP contribution is 2.64. The van der Waals surface area contributed by atoms with Gasteiger partial charge < -0.3 is 54.4 Å². The number of aryl methyl sites for hydroxylation is 1. The summed E-state index contributed by atoms with van der Waals surface area (Å²) in [5, 5.41) is 40.9. The number of carbonyl (C=O) groups excluding carboxylic acids is 8. The fourth-order valence-electron chi connectivity index (χ4n) is 14.8. The van der Waals surface area contributed by atoms with E-state index in [-0.39, 0.29) is 48.1 Å². The van der Waals surface area contributed by atoms with Gasteiger partial charge in [0.2, 0.25) is 12.0 Å². The van der Waals surface area contributed by atoms with Crippen molar-refractivity contribution in [1.82, 2.24) is 5.32 Å². The molecule has 1 saturated heterocycles. The molecule has 2 saturated carbocycles. The first kappa shape index (κ1) is 73.7. The van der Waals surface area contributed by atoms with Gasteiger partial charge in [0, 0.05) is 56.2 Å². The second-order valence-electron chi connectivity index (χ2n) is 27.1. The van der Waals surface area contributed by atoms with Crippen LogP contribution in [0.15, 0.2) is 126 Å². The molecule has 20 nitrogen and oxygen atoms in total. The predicted molar refractivity (Wildman–Crippen MR) is 356 cm³/mol. The lowest BCUT2D eigenvalue weighted by Crippen LogP contribution is -2.82. The maximum Gasteiger partial charge on any atom is 0.350 e. The zero-order valence-electron chi connectivity index (χ0n) is 56.3. The molecule has 0 spiro atoms. The molecule has 0 radical (unpaired) electrons. The number of aliphatic carboxylic acids is 1. The molecular formula is C76H96N2O18. The van der Waals surface area contributed by atoms with Gasteiger partial charge in [-0.15, -0.1) is 0 Å². The van der Waals surface area contributed by atoms with Crippen molar-refractivity contribution in [3.05, 3.63) is 149 Å². The van der Waals surface area contributed by atoms with Crippen molar-refractivity contribution in [3.8, 4) is 0 Å². The van der Waals surface area contributed by atoms with Gasteiger partial charge in [-0.1, -0.05) is 183 Å². The lowest BCUT2D eigenvalue weighted by molar-refractivity contribution is -0.346. The number of hydrogen-bond donors (Lipinski definition) is 5. The number of benzene rings is 4. The van der Waals surface area contributed by atoms with Crippen molar-refractivity contribution >= 4 is 59.1 Å². The summed E-state index contributed by atoms with van der Waals surface area (Å²) in [5.41, 5.74) is -6.08. The van der Waals surface area contributed by atoms with Crippen LogP contribution < -0.4 is 10.6 Å². The predicted octanol–water partition coefficient (Wildman–Crippen LogP) is 12.0. The first-order valence-electron chi connectivity index (χ1n) is 34.2. The van der Waals surface area contributed by atoms with Gasteiger partial charge in [0.1, 0.15) is 30.0 Å². The number of aliphatic hydroxyl groups excluding tert-OH is 1. The van der Waals surface area contributed by atoms with Gasteiger partial charge in [0.05, 0.1) is 36.0 Å². The Morgan fingerprint density at radius 1 is 0.646 bits per heavy atom. The standard InChI is InChI=1S/C76H96N2O18/c1-49-57(47-76(90)69(95-71(88)55-37-29-23-30-38-55)67-74(6,58(81)46-59-75(67,48-91-59)96-51(3)80)68(86)65(92-50(2)79)63(49)73(76,4)5)93-72(89)66(64(53-33-25-21-26-34-53)78-70(87)54-35-27-22-28-36-54)94-62(85)45-44-60(82)77-56-42-40-52(41-43-56)32-24-19-17-15-13-11-9-7-8-10-12-14-16-18-20-31-39-61(83)84/h21-23,25-30,33-38,40-43,57-59,64-67,69,81,90H,7-20,24,31-32,39,44-48H2,1-6H3,(H,77,82)(H,78,87)(H,83,84)/t57-,58-,59+,64-,65+,66+,67-,69-,74+,75-,76+/m0/s1. The monoisotopic (exact) mass is 1320 g/mol. The van der Waals surface area contributed by atoms with Crippen LogP contribution in [-0.2, 0) is 68.4 Å². The minimum Gasteiger partial charge on any atom is -0.481 e. The molecule has 1 heterocycles. The number of Topliss-reactive ketones (excluding diaryl/α,β-unsaturated/α-hetero) is 1. The van der Waals surface area contributed by atoms with Crippen molar-refractivity contribution in [2.45, 2.75) is 237 Å². The highest BCUT2D eigenvalue weighted by atomic mass is 16.6. The van der Waals surface area contributed by atoms with Crippen LogP contribution in [0.3, 0.4) is 0 Å². The summed E-state index contributed by atoms with van der Waals surface area (Å²) in [6.45, 7) is 7.84. The fourth-order valence-corrected chi connectivity index (χ4v) is 14.8. The van der Waals surface area contributed by atoms with Gasteiger partial charge in [-0.2, -0.15) is 0 Å². The number of anilines is 1. The Morgan fingerprint density at radius 2 is 1.19 bits per heavy atom. The van der Waals surface area contributed by atoms with Crippen LogP contribution in [-0.4, -0.2) is 123 Å². The van der Waals surface area contributed by atoms with Crippen LogP contribution in [0.5, 0.6) is 0 Å². The van der Waals surface area contributed by atoms with Crippen LogP contribution in [0.2, 0.25) is 0 Å². The van der Waals surface area contributed by atoms with E-state index in [0.717, 1.165) is 57.9 Å². The summed E-state index contributed by atoms with van der Waals surface area (Å²) in [5.74, 6) is -9.47. The van der Waals surface area contributed by atoms with Crippen LogP contribution in [0.1, 0.15) is 214 Å². The topological polar surface area (TPSA) is 294 Å². The van der Waals surface area contributed by atoms with Crippen LogP contribution in [0.25, 0.3) is 0 Å². The first-order valence-corrected chi connectivity index (χ1v) is 34.2. The molecule has 8 rings (SSSR count). The number of rotatable bonds is 34. The van der Waals surface area contributed by atoms with E-state index in [1.54, 1.807) is 105 Å². The van der Waals surface area contributed by atoms with Crippen molar-refractivity contribution in [1.29, 1.82) is 0 Å².